The fourth-order valence-corrected chi connectivity index (χ4v) is 9.31. The highest BCUT2D eigenvalue weighted by molar-refractivity contribution is 5.76. The van der Waals surface area contributed by atoms with E-state index < -0.39 is 12.1 Å². The van der Waals surface area contributed by atoms with Crippen molar-refractivity contribution in [2.24, 2.45) is 0 Å². The maximum absolute atomic E-state index is 12.5. The molecule has 2 atom stereocenters. The van der Waals surface area contributed by atoms with Gasteiger partial charge in [0.25, 0.3) is 0 Å². The summed E-state index contributed by atoms with van der Waals surface area (Å²) in [5.41, 5.74) is 0. The van der Waals surface area contributed by atoms with Crippen molar-refractivity contribution in [3.63, 3.8) is 0 Å². The molecular formula is C56H113NO3. The second kappa shape index (κ2) is 52.7. The van der Waals surface area contributed by atoms with Crippen molar-refractivity contribution >= 4 is 5.91 Å². The molecule has 0 heterocycles. The van der Waals surface area contributed by atoms with Gasteiger partial charge in [0.1, 0.15) is 0 Å². The quantitative estimate of drug-likeness (QED) is 0.0534. The number of aliphatic hydroxyl groups excluding tert-OH is 2. The van der Waals surface area contributed by atoms with Crippen LogP contribution in [0.4, 0.5) is 0 Å². The van der Waals surface area contributed by atoms with Gasteiger partial charge in [-0.2, -0.15) is 0 Å². The average Bonchev–Trinajstić information content (AvgIpc) is 3.25. The molecule has 0 fully saturated rings. The van der Waals surface area contributed by atoms with E-state index in [1.165, 1.54) is 283 Å². The fourth-order valence-electron chi connectivity index (χ4n) is 9.31. The number of carbonyl (C=O) groups is 1. The van der Waals surface area contributed by atoms with Crippen molar-refractivity contribution in [2.45, 2.75) is 347 Å². The molecule has 2 unspecified atom stereocenters. The van der Waals surface area contributed by atoms with Crippen LogP contribution in [0, 0.1) is 0 Å². The van der Waals surface area contributed by atoms with Gasteiger partial charge in [0.2, 0.25) is 5.91 Å². The van der Waals surface area contributed by atoms with Crippen LogP contribution in [-0.4, -0.2) is 34.9 Å². The smallest absolute Gasteiger partial charge is 0.220 e. The average molecular weight is 849 g/mol. The summed E-state index contributed by atoms with van der Waals surface area (Å²) in [4.78, 5) is 12.5. The van der Waals surface area contributed by atoms with Crippen LogP contribution in [0.3, 0.4) is 0 Å². The number of unbranched alkanes of at least 4 members (excludes halogenated alkanes) is 46. The molecule has 3 N–H and O–H groups in total. The Morgan fingerprint density at radius 3 is 0.750 bits per heavy atom. The molecule has 0 spiro atoms. The summed E-state index contributed by atoms with van der Waals surface area (Å²) in [7, 11) is 0. The van der Waals surface area contributed by atoms with E-state index in [9.17, 15) is 15.0 Å². The lowest BCUT2D eigenvalue weighted by Crippen LogP contribution is -2.45. The number of rotatable bonds is 53. The van der Waals surface area contributed by atoms with Crippen LogP contribution in [0.1, 0.15) is 335 Å². The van der Waals surface area contributed by atoms with Gasteiger partial charge in [-0.05, 0) is 12.8 Å². The fraction of sp³-hybridized carbons (Fsp3) is 0.982. The standard InChI is InChI=1S/C56H113NO3/c1-3-5-7-9-11-13-15-17-19-21-23-24-25-26-27-28-29-30-31-32-34-35-37-39-41-43-45-47-49-51-55(59)54(53-58)57-56(60)52-50-48-46-44-42-40-38-36-33-22-20-18-16-14-12-10-8-6-4-2/h54-55,58-59H,3-53H2,1-2H3,(H,57,60). The Bertz CT molecular complexity index is 788. The lowest BCUT2D eigenvalue weighted by atomic mass is 10.0. The van der Waals surface area contributed by atoms with Crippen LogP contribution in [0.5, 0.6) is 0 Å². The number of hydrogen-bond acceptors (Lipinski definition) is 3. The van der Waals surface area contributed by atoms with E-state index in [0.29, 0.717) is 12.8 Å². The number of aliphatic hydroxyl groups is 2. The maximum Gasteiger partial charge on any atom is 0.220 e. The summed E-state index contributed by atoms with van der Waals surface area (Å²) in [6.45, 7) is 4.40. The van der Waals surface area contributed by atoms with E-state index in [2.05, 4.69) is 19.2 Å². The Morgan fingerprint density at radius 1 is 0.333 bits per heavy atom. The molecule has 360 valence electrons. The van der Waals surface area contributed by atoms with Gasteiger partial charge in [-0.3, -0.25) is 4.79 Å². The minimum absolute atomic E-state index is 0.0225. The number of nitrogens with one attached hydrogen (secondary N) is 1. The normalized spacial score (nSPS) is 12.7. The van der Waals surface area contributed by atoms with E-state index in [0.717, 1.165) is 25.7 Å². The minimum atomic E-state index is -0.655. The van der Waals surface area contributed by atoms with E-state index in [4.69, 9.17) is 0 Å². The molecule has 60 heavy (non-hydrogen) atoms. The summed E-state index contributed by atoms with van der Waals surface area (Å²) >= 11 is 0. The maximum atomic E-state index is 12.5. The highest BCUT2D eigenvalue weighted by Gasteiger charge is 2.20. The molecule has 0 aromatic heterocycles. The van der Waals surface area contributed by atoms with E-state index in [-0.39, 0.29) is 12.5 Å². The Labute approximate surface area is 378 Å². The van der Waals surface area contributed by atoms with Gasteiger partial charge in [-0.15, -0.1) is 0 Å². The van der Waals surface area contributed by atoms with Gasteiger partial charge in [-0.1, -0.05) is 316 Å². The number of carbonyl (C=O) groups excluding carboxylic acids is 1. The van der Waals surface area contributed by atoms with Crippen molar-refractivity contribution in [1.29, 1.82) is 0 Å². The Morgan fingerprint density at radius 2 is 0.533 bits per heavy atom. The molecule has 1 amide bonds. The first-order valence-electron chi connectivity index (χ1n) is 28.2. The highest BCUT2D eigenvalue weighted by Crippen LogP contribution is 2.18. The van der Waals surface area contributed by atoms with Crippen molar-refractivity contribution in [3.05, 3.63) is 0 Å². The Hall–Kier alpha value is -0.610. The first-order valence-corrected chi connectivity index (χ1v) is 28.2. The molecule has 4 heteroatoms. The van der Waals surface area contributed by atoms with Crippen molar-refractivity contribution in [2.75, 3.05) is 6.61 Å². The molecule has 0 saturated carbocycles. The van der Waals surface area contributed by atoms with Gasteiger partial charge in [0, 0.05) is 6.42 Å². The summed E-state index contributed by atoms with van der Waals surface area (Å²) in [5, 5.41) is 23.3. The lowest BCUT2D eigenvalue weighted by molar-refractivity contribution is -0.123. The molecule has 4 nitrogen and oxygen atoms in total. The summed E-state index contributed by atoms with van der Waals surface area (Å²) in [5.74, 6) is -0.0225. The Kier molecular flexibility index (Phi) is 52.2. The number of hydrogen-bond donors (Lipinski definition) is 3. The molecule has 0 rings (SSSR count). The van der Waals surface area contributed by atoms with Crippen LogP contribution < -0.4 is 5.32 Å². The molecule has 0 aromatic carbocycles. The zero-order valence-corrected chi connectivity index (χ0v) is 41.5. The van der Waals surface area contributed by atoms with Crippen LogP contribution in [0.2, 0.25) is 0 Å². The molecule has 0 bridgehead atoms. The second-order valence-corrected chi connectivity index (χ2v) is 19.7. The van der Waals surface area contributed by atoms with Crippen molar-refractivity contribution in [1.82, 2.24) is 5.32 Å². The first-order chi connectivity index (χ1) is 29.7. The molecule has 0 aliphatic rings. The highest BCUT2D eigenvalue weighted by atomic mass is 16.3. The number of amides is 1. The third-order valence-corrected chi connectivity index (χ3v) is 13.6. The topological polar surface area (TPSA) is 69.6 Å². The lowest BCUT2D eigenvalue weighted by Gasteiger charge is -2.22. The molecule has 0 saturated heterocycles. The van der Waals surface area contributed by atoms with Gasteiger partial charge in [0.05, 0.1) is 18.8 Å². The van der Waals surface area contributed by atoms with Gasteiger partial charge in [-0.25, -0.2) is 0 Å². The zero-order chi connectivity index (χ0) is 43.5. The summed E-state index contributed by atoms with van der Waals surface area (Å²) in [6.07, 6.45) is 66.7. The van der Waals surface area contributed by atoms with Crippen LogP contribution >= 0.6 is 0 Å². The molecule has 0 aromatic rings. The zero-order valence-electron chi connectivity index (χ0n) is 41.5. The van der Waals surface area contributed by atoms with Crippen molar-refractivity contribution < 1.29 is 15.0 Å². The third-order valence-electron chi connectivity index (χ3n) is 13.6. The van der Waals surface area contributed by atoms with Gasteiger partial charge >= 0.3 is 0 Å². The van der Waals surface area contributed by atoms with Gasteiger partial charge in [0.15, 0.2) is 0 Å². The minimum Gasteiger partial charge on any atom is -0.394 e. The predicted molar refractivity (Wildman–Crippen MR) is 267 cm³/mol. The van der Waals surface area contributed by atoms with Gasteiger partial charge < -0.3 is 15.5 Å². The van der Waals surface area contributed by atoms with Crippen LogP contribution in [-0.2, 0) is 4.79 Å². The first kappa shape index (κ1) is 59.4. The largest absolute Gasteiger partial charge is 0.394 e. The molecule has 0 radical (unpaired) electrons. The predicted octanol–water partition coefficient (Wildman–Crippen LogP) is 18.4. The SMILES string of the molecule is CCCCCCCCCCCCCCCCCCCCCCCCCCCCCCCC(O)C(CO)NC(=O)CCCCCCCCCCCCCCCCCCCCC. The molecule has 0 aliphatic heterocycles. The summed E-state index contributed by atoms with van der Waals surface area (Å²) < 4.78 is 0. The summed E-state index contributed by atoms with van der Waals surface area (Å²) in [6, 6.07) is -0.531. The van der Waals surface area contributed by atoms with Crippen LogP contribution in [0.15, 0.2) is 0 Å². The second-order valence-electron chi connectivity index (χ2n) is 19.7. The molecular weight excluding hydrogens is 735 g/mol. The van der Waals surface area contributed by atoms with E-state index >= 15 is 0 Å². The van der Waals surface area contributed by atoms with E-state index in [1.54, 1.807) is 0 Å². The van der Waals surface area contributed by atoms with Crippen molar-refractivity contribution in [3.8, 4) is 0 Å². The Balaban J connectivity index is 3.39. The molecule has 0 aliphatic carbocycles. The van der Waals surface area contributed by atoms with E-state index in [1.807, 2.05) is 0 Å². The monoisotopic (exact) mass is 848 g/mol. The van der Waals surface area contributed by atoms with Crippen LogP contribution in [0.25, 0.3) is 0 Å². The third kappa shape index (κ3) is 48.4.